The number of ether oxygens (including phenoxy) is 1. The summed E-state index contributed by atoms with van der Waals surface area (Å²) in [6, 6.07) is 9.70. The molecule has 2 fully saturated rings. The van der Waals surface area contributed by atoms with Crippen molar-refractivity contribution in [2.24, 2.45) is 0 Å². The summed E-state index contributed by atoms with van der Waals surface area (Å²) in [4.78, 5) is 12.4. The van der Waals surface area contributed by atoms with E-state index in [2.05, 4.69) is 0 Å². The van der Waals surface area contributed by atoms with E-state index in [0.29, 0.717) is 0 Å². The van der Waals surface area contributed by atoms with Gasteiger partial charge in [-0.2, -0.15) is 5.01 Å². The van der Waals surface area contributed by atoms with Crippen molar-refractivity contribution in [2.75, 3.05) is 11.6 Å². The number of rotatable bonds is 2. The van der Waals surface area contributed by atoms with Gasteiger partial charge in [0.05, 0.1) is 5.69 Å². The second kappa shape index (κ2) is 3.09. The summed E-state index contributed by atoms with van der Waals surface area (Å²) < 4.78 is 5.63. The van der Waals surface area contributed by atoms with Gasteiger partial charge in [-0.1, -0.05) is 25.1 Å². The number of nitrogens with zero attached hydrogens (tertiary/aromatic N) is 2. The van der Waals surface area contributed by atoms with E-state index in [4.69, 9.17) is 4.74 Å². The third kappa shape index (κ3) is 1.12. The van der Waals surface area contributed by atoms with Crippen LogP contribution in [-0.4, -0.2) is 28.8 Å². The van der Waals surface area contributed by atoms with Crippen LogP contribution < -0.4 is 5.01 Å². The van der Waals surface area contributed by atoms with Gasteiger partial charge in [0.1, 0.15) is 0 Å². The molecule has 0 bridgehead atoms. The summed E-state index contributed by atoms with van der Waals surface area (Å²) in [6.45, 7) is 6.60. The van der Waals surface area contributed by atoms with Crippen LogP contribution in [0.3, 0.4) is 0 Å². The van der Waals surface area contributed by atoms with Gasteiger partial charge in [0.25, 0.3) is 5.91 Å². The van der Waals surface area contributed by atoms with Crippen LogP contribution in [0.1, 0.15) is 20.8 Å². The molecule has 0 radical (unpaired) electrons. The lowest BCUT2D eigenvalue weighted by atomic mass is 10.1. The third-order valence-electron chi connectivity index (χ3n) is 3.88. The van der Waals surface area contributed by atoms with Gasteiger partial charge in [-0.3, -0.25) is 4.79 Å². The minimum Gasteiger partial charge on any atom is -0.335 e. The maximum atomic E-state index is 12.4. The number of amides is 1. The number of carbonyl (C=O) groups is 1. The summed E-state index contributed by atoms with van der Waals surface area (Å²) in [5, 5.41) is 3.73. The molecule has 0 N–H and O–H groups in total. The third-order valence-corrected chi connectivity index (χ3v) is 3.88. The highest BCUT2D eigenvalue weighted by molar-refractivity contribution is 6.04. The fourth-order valence-electron chi connectivity index (χ4n) is 2.68. The van der Waals surface area contributed by atoms with Gasteiger partial charge < -0.3 is 4.74 Å². The minimum atomic E-state index is -0.682. The Morgan fingerprint density at radius 3 is 2.47 bits per heavy atom. The Labute approximate surface area is 101 Å². The Bertz CT molecular complexity index is 476. The Morgan fingerprint density at radius 2 is 1.88 bits per heavy atom. The van der Waals surface area contributed by atoms with Gasteiger partial charge in [-0.15, -0.1) is 0 Å². The van der Waals surface area contributed by atoms with Gasteiger partial charge in [-0.25, -0.2) is 5.01 Å². The van der Waals surface area contributed by atoms with Crippen LogP contribution >= 0.6 is 0 Å². The molecule has 2 unspecified atom stereocenters. The van der Waals surface area contributed by atoms with E-state index in [-0.39, 0.29) is 5.91 Å². The summed E-state index contributed by atoms with van der Waals surface area (Å²) in [5.41, 5.74) is -0.259. The number of carbonyl (C=O) groups excluding carboxylic acids is 1. The molecule has 0 aliphatic carbocycles. The summed E-state index contributed by atoms with van der Waals surface area (Å²) in [5.74, 6) is 0.0213. The van der Waals surface area contributed by atoms with Crippen LogP contribution in [0.4, 0.5) is 5.69 Å². The number of likely N-dealkylation sites (N-methyl/N-ethyl adjacent to an activating group) is 1. The molecule has 2 atom stereocenters. The first-order valence-corrected chi connectivity index (χ1v) is 5.92. The van der Waals surface area contributed by atoms with Crippen molar-refractivity contribution in [2.45, 2.75) is 32.1 Å². The SMILES string of the molecule is CCN1N(c2ccccc2)C(=O)C2(C)OC12C. The molecule has 1 amide bonds. The molecule has 4 nitrogen and oxygen atoms in total. The van der Waals surface area contributed by atoms with Gasteiger partial charge in [0, 0.05) is 6.54 Å². The van der Waals surface area contributed by atoms with Crippen molar-refractivity contribution in [3.05, 3.63) is 30.3 Å². The average molecular weight is 232 g/mol. The Balaban J connectivity index is 2.04. The van der Waals surface area contributed by atoms with E-state index in [1.165, 1.54) is 0 Å². The fourth-order valence-corrected chi connectivity index (χ4v) is 2.68. The molecule has 0 spiro atoms. The van der Waals surface area contributed by atoms with Crippen LogP contribution in [0.5, 0.6) is 0 Å². The van der Waals surface area contributed by atoms with E-state index in [1.54, 1.807) is 5.01 Å². The molecule has 0 saturated carbocycles. The van der Waals surface area contributed by atoms with Gasteiger partial charge in [0.2, 0.25) is 0 Å². The van der Waals surface area contributed by atoms with Crippen molar-refractivity contribution in [1.29, 1.82) is 0 Å². The first-order valence-electron chi connectivity index (χ1n) is 5.92. The van der Waals surface area contributed by atoms with Crippen LogP contribution in [0.25, 0.3) is 0 Å². The van der Waals surface area contributed by atoms with Crippen molar-refractivity contribution in [3.8, 4) is 0 Å². The molecule has 1 aromatic rings. The standard InChI is InChI=1S/C13H16N2O2/c1-4-14-13(3)12(2,17-13)11(16)15(14)10-8-6-5-7-9-10/h5-9H,4H2,1-3H3. The predicted octanol–water partition coefficient (Wildman–Crippen LogP) is 1.78. The lowest BCUT2D eigenvalue weighted by Crippen LogP contribution is -2.46. The van der Waals surface area contributed by atoms with E-state index in [0.717, 1.165) is 12.2 Å². The average Bonchev–Trinajstić information content (AvgIpc) is 2.86. The zero-order valence-corrected chi connectivity index (χ0v) is 10.3. The van der Waals surface area contributed by atoms with Crippen molar-refractivity contribution in [1.82, 2.24) is 5.01 Å². The molecule has 2 aliphatic rings. The number of hydrogen-bond donors (Lipinski definition) is 0. The monoisotopic (exact) mass is 232 g/mol. The highest BCUT2D eigenvalue weighted by Crippen LogP contribution is 2.57. The van der Waals surface area contributed by atoms with Gasteiger partial charge >= 0.3 is 0 Å². The van der Waals surface area contributed by atoms with E-state index in [9.17, 15) is 4.79 Å². The number of fused-ring (bicyclic) bond motifs is 1. The molecular weight excluding hydrogens is 216 g/mol. The van der Waals surface area contributed by atoms with Gasteiger partial charge in [0.15, 0.2) is 11.3 Å². The summed E-state index contributed by atoms with van der Waals surface area (Å²) in [6.07, 6.45) is 0. The normalized spacial score (nSPS) is 36.2. The summed E-state index contributed by atoms with van der Waals surface area (Å²) >= 11 is 0. The number of anilines is 1. The van der Waals surface area contributed by atoms with E-state index in [1.807, 2.05) is 56.1 Å². The molecule has 0 aromatic heterocycles. The van der Waals surface area contributed by atoms with Crippen LogP contribution in [0, 0.1) is 0 Å². The number of benzene rings is 1. The van der Waals surface area contributed by atoms with E-state index >= 15 is 0 Å². The smallest absolute Gasteiger partial charge is 0.278 e. The Morgan fingerprint density at radius 1 is 1.24 bits per heavy atom. The van der Waals surface area contributed by atoms with Crippen molar-refractivity contribution in [3.63, 3.8) is 0 Å². The Kier molecular flexibility index (Phi) is 1.95. The summed E-state index contributed by atoms with van der Waals surface area (Å²) in [7, 11) is 0. The molecule has 2 saturated heterocycles. The molecule has 1 aromatic carbocycles. The van der Waals surface area contributed by atoms with Crippen molar-refractivity contribution >= 4 is 11.6 Å². The maximum Gasteiger partial charge on any atom is 0.278 e. The molecule has 3 rings (SSSR count). The highest BCUT2D eigenvalue weighted by atomic mass is 16.7. The predicted molar refractivity (Wildman–Crippen MR) is 64.2 cm³/mol. The molecule has 17 heavy (non-hydrogen) atoms. The zero-order valence-electron chi connectivity index (χ0n) is 10.3. The second-order valence-corrected chi connectivity index (χ2v) is 4.79. The minimum absolute atomic E-state index is 0.0213. The van der Waals surface area contributed by atoms with Crippen LogP contribution in [0.2, 0.25) is 0 Å². The Hall–Kier alpha value is -1.39. The molecule has 90 valence electrons. The largest absolute Gasteiger partial charge is 0.335 e. The maximum absolute atomic E-state index is 12.4. The van der Waals surface area contributed by atoms with Gasteiger partial charge in [-0.05, 0) is 26.0 Å². The quantitative estimate of drug-likeness (QED) is 0.729. The number of epoxide rings is 1. The van der Waals surface area contributed by atoms with Crippen LogP contribution in [-0.2, 0) is 9.53 Å². The lowest BCUT2D eigenvalue weighted by molar-refractivity contribution is -0.125. The molecular formula is C13H16N2O2. The molecule has 2 aliphatic heterocycles. The molecule has 4 heteroatoms. The second-order valence-electron chi connectivity index (χ2n) is 4.79. The first kappa shape index (κ1) is 10.7. The molecule has 2 heterocycles. The highest BCUT2D eigenvalue weighted by Gasteiger charge is 2.79. The topological polar surface area (TPSA) is 36.1 Å². The number of hydrazine groups is 1. The van der Waals surface area contributed by atoms with Crippen molar-refractivity contribution < 1.29 is 9.53 Å². The zero-order chi connectivity index (χ0) is 12.3. The van der Waals surface area contributed by atoms with Crippen LogP contribution in [0.15, 0.2) is 30.3 Å². The lowest BCUT2D eigenvalue weighted by Gasteiger charge is -2.31. The fraction of sp³-hybridized carbons (Fsp3) is 0.462. The number of hydrogen-bond acceptors (Lipinski definition) is 3. The first-order chi connectivity index (χ1) is 8.04. The number of para-hydroxylation sites is 1. The van der Waals surface area contributed by atoms with E-state index < -0.39 is 11.3 Å².